The summed E-state index contributed by atoms with van der Waals surface area (Å²) in [5.41, 5.74) is 6.64. The molecular formula is C32H35N3O8. The minimum absolute atomic E-state index is 0.0745. The number of methoxy groups -OCH3 is 2. The minimum atomic E-state index is -1.13. The molecule has 3 aromatic rings. The Morgan fingerprint density at radius 3 is 2.19 bits per heavy atom. The Morgan fingerprint density at radius 1 is 1.05 bits per heavy atom. The van der Waals surface area contributed by atoms with Crippen molar-refractivity contribution in [2.24, 2.45) is 5.73 Å². The second kappa shape index (κ2) is 12.6. The molecule has 0 saturated carbocycles. The van der Waals surface area contributed by atoms with Crippen molar-refractivity contribution >= 4 is 5.97 Å². The third kappa shape index (κ3) is 5.90. The van der Waals surface area contributed by atoms with Gasteiger partial charge >= 0.3 is 11.7 Å². The highest BCUT2D eigenvalue weighted by Crippen LogP contribution is 2.45. The second-order valence-corrected chi connectivity index (χ2v) is 10.4. The summed E-state index contributed by atoms with van der Waals surface area (Å²) in [4.78, 5) is 38.6. The van der Waals surface area contributed by atoms with Crippen molar-refractivity contribution < 1.29 is 28.5 Å². The van der Waals surface area contributed by atoms with Gasteiger partial charge in [-0.3, -0.25) is 19.1 Å². The fraction of sp³-hybridized carbons (Fsp3) is 0.344. The van der Waals surface area contributed by atoms with Gasteiger partial charge in [0.2, 0.25) is 0 Å². The summed E-state index contributed by atoms with van der Waals surface area (Å²) in [6, 6.07) is 19.7. The van der Waals surface area contributed by atoms with Gasteiger partial charge in [-0.1, -0.05) is 72.8 Å². The normalized spacial score (nSPS) is 23.1. The molecule has 0 amide bonds. The lowest BCUT2D eigenvalue weighted by Crippen LogP contribution is -2.46. The molecule has 1 aromatic heterocycles. The number of carbonyl (C=O) groups is 1. The number of hydrogen-bond donors (Lipinski definition) is 2. The highest BCUT2D eigenvalue weighted by atomic mass is 16.7. The number of nitrogens with one attached hydrogen (secondary N) is 1. The van der Waals surface area contributed by atoms with Crippen LogP contribution in [0.5, 0.6) is 0 Å². The first-order valence-corrected chi connectivity index (χ1v) is 13.9. The Labute approximate surface area is 248 Å². The number of carbonyl (C=O) groups excluding carboxylic acids is 1. The summed E-state index contributed by atoms with van der Waals surface area (Å²) in [5.74, 6) is -1.48. The molecule has 5 rings (SSSR count). The van der Waals surface area contributed by atoms with E-state index in [2.05, 4.69) is 4.98 Å². The van der Waals surface area contributed by atoms with Crippen molar-refractivity contribution in [2.75, 3.05) is 20.8 Å². The summed E-state index contributed by atoms with van der Waals surface area (Å²) < 4.78 is 31.3. The van der Waals surface area contributed by atoms with Gasteiger partial charge in [0.15, 0.2) is 12.0 Å². The molecule has 4 atom stereocenters. The highest BCUT2D eigenvalue weighted by Gasteiger charge is 2.49. The first-order valence-electron chi connectivity index (χ1n) is 13.9. The van der Waals surface area contributed by atoms with Crippen molar-refractivity contribution in [3.63, 3.8) is 0 Å². The zero-order valence-electron chi connectivity index (χ0n) is 24.2. The molecule has 1 fully saturated rings. The number of hydrogen-bond acceptors (Lipinski definition) is 9. The quantitative estimate of drug-likeness (QED) is 0.269. The largest absolute Gasteiger partial charge is 0.458 e. The Morgan fingerprint density at radius 2 is 1.67 bits per heavy atom. The minimum Gasteiger partial charge on any atom is -0.458 e. The van der Waals surface area contributed by atoms with Gasteiger partial charge in [0.25, 0.3) is 5.56 Å². The zero-order chi connectivity index (χ0) is 30.6. The van der Waals surface area contributed by atoms with Crippen LogP contribution in [0.1, 0.15) is 30.7 Å². The number of aromatic nitrogens is 2. The Hall–Kier alpha value is -4.13. The predicted octanol–water partition coefficient (Wildman–Crippen LogP) is 2.53. The SMILES string of the molecule is COC1(OC)C=CC(C(OC[C@H]2O[C@@H](n3ccc(=O)[nH]c3=O)[C@H](N)[C@@H]2OC(C)=O)(c2ccccc2)c2ccccc2)=CC1. The maximum Gasteiger partial charge on any atom is 0.330 e. The lowest BCUT2D eigenvalue weighted by molar-refractivity contribution is -0.168. The Balaban J connectivity index is 1.57. The van der Waals surface area contributed by atoms with Crippen molar-refractivity contribution in [3.8, 4) is 0 Å². The number of esters is 1. The van der Waals surface area contributed by atoms with Crippen molar-refractivity contribution in [1.82, 2.24) is 9.55 Å². The van der Waals surface area contributed by atoms with Crippen molar-refractivity contribution in [1.29, 1.82) is 0 Å². The van der Waals surface area contributed by atoms with E-state index in [0.717, 1.165) is 16.7 Å². The summed E-state index contributed by atoms with van der Waals surface area (Å²) in [6.07, 6.45) is 4.68. The molecule has 1 aliphatic heterocycles. The van der Waals surface area contributed by atoms with Crippen LogP contribution >= 0.6 is 0 Å². The van der Waals surface area contributed by atoms with Crippen LogP contribution < -0.4 is 17.0 Å². The van der Waals surface area contributed by atoms with Crippen molar-refractivity contribution in [3.05, 3.63) is 129 Å². The van der Waals surface area contributed by atoms with Crippen LogP contribution in [-0.4, -0.2) is 60.4 Å². The molecule has 2 aliphatic rings. The fourth-order valence-electron chi connectivity index (χ4n) is 5.67. The van der Waals surface area contributed by atoms with Crippen LogP contribution in [0.4, 0.5) is 0 Å². The van der Waals surface area contributed by atoms with E-state index in [-0.39, 0.29) is 6.61 Å². The highest BCUT2D eigenvalue weighted by molar-refractivity contribution is 5.66. The van der Waals surface area contributed by atoms with Crippen molar-refractivity contribution in [2.45, 2.75) is 49.2 Å². The number of aromatic amines is 1. The van der Waals surface area contributed by atoms with E-state index in [4.69, 9.17) is 29.4 Å². The number of benzene rings is 2. The van der Waals surface area contributed by atoms with E-state index < -0.39 is 53.1 Å². The average Bonchev–Trinajstić information content (AvgIpc) is 3.32. The average molecular weight is 590 g/mol. The summed E-state index contributed by atoms with van der Waals surface area (Å²) in [7, 11) is 3.18. The topological polar surface area (TPSA) is 144 Å². The first-order chi connectivity index (χ1) is 20.7. The number of nitrogens with two attached hydrogens (primary N) is 1. The molecule has 0 unspecified atom stereocenters. The van der Waals surface area contributed by atoms with E-state index in [1.54, 1.807) is 14.2 Å². The van der Waals surface area contributed by atoms with Gasteiger partial charge < -0.3 is 29.4 Å². The molecule has 43 heavy (non-hydrogen) atoms. The fourth-order valence-corrected chi connectivity index (χ4v) is 5.67. The monoisotopic (exact) mass is 589 g/mol. The molecule has 11 nitrogen and oxygen atoms in total. The van der Waals surface area contributed by atoms with E-state index in [9.17, 15) is 14.4 Å². The van der Waals surface area contributed by atoms with Crippen LogP contribution in [0.3, 0.4) is 0 Å². The number of ether oxygens (including phenoxy) is 5. The van der Waals surface area contributed by atoms with Gasteiger partial charge in [-0.15, -0.1) is 0 Å². The smallest absolute Gasteiger partial charge is 0.330 e. The van der Waals surface area contributed by atoms with Crippen LogP contribution in [0.15, 0.2) is 106 Å². The molecule has 2 heterocycles. The maximum absolute atomic E-state index is 12.6. The number of nitrogens with zero attached hydrogens (tertiary/aromatic N) is 1. The molecule has 3 N–H and O–H groups in total. The van der Waals surface area contributed by atoms with Crippen LogP contribution in [-0.2, 0) is 34.1 Å². The second-order valence-electron chi connectivity index (χ2n) is 10.4. The lowest BCUT2D eigenvalue weighted by atomic mass is 9.77. The van der Waals surface area contributed by atoms with Gasteiger partial charge in [-0.2, -0.15) is 0 Å². The number of H-pyrrole nitrogens is 1. The van der Waals surface area contributed by atoms with Crippen LogP contribution in [0.2, 0.25) is 0 Å². The van der Waals surface area contributed by atoms with E-state index in [1.807, 2.05) is 78.9 Å². The molecule has 2 aromatic carbocycles. The standard InChI is InChI=1S/C32H35N3O8/c1-21(36)42-28-25(43-29(27(28)33)35-19-16-26(37)34-30(35)38)20-41-32(22-10-6-4-7-11-22,23-12-8-5-9-13-23)24-14-17-31(39-2,40-3)18-15-24/h4-17,19,25,27-29H,18,20,33H2,1-3H3,(H,34,37,38)/t25-,27-,28-,29-/m1/s1. The van der Waals surface area contributed by atoms with Gasteiger partial charge in [0.05, 0.1) is 12.6 Å². The summed E-state index contributed by atoms with van der Waals surface area (Å²) in [6.45, 7) is 1.20. The molecule has 1 aliphatic carbocycles. The molecule has 0 radical (unpaired) electrons. The molecule has 11 heteroatoms. The molecule has 226 valence electrons. The molecular weight excluding hydrogens is 554 g/mol. The molecule has 1 saturated heterocycles. The number of rotatable bonds is 10. The Bertz CT molecular complexity index is 1550. The van der Waals surface area contributed by atoms with Gasteiger partial charge in [0, 0.05) is 39.8 Å². The van der Waals surface area contributed by atoms with Crippen LogP contribution in [0, 0.1) is 0 Å². The molecule has 0 spiro atoms. The summed E-state index contributed by atoms with van der Waals surface area (Å²) in [5, 5.41) is 0. The van der Waals surface area contributed by atoms with Gasteiger partial charge in [0.1, 0.15) is 17.8 Å². The third-order valence-corrected chi connectivity index (χ3v) is 7.86. The predicted molar refractivity (Wildman–Crippen MR) is 157 cm³/mol. The third-order valence-electron chi connectivity index (χ3n) is 7.86. The molecule has 0 bridgehead atoms. The van der Waals surface area contributed by atoms with E-state index >= 15 is 0 Å². The van der Waals surface area contributed by atoms with E-state index in [1.165, 1.54) is 23.8 Å². The maximum atomic E-state index is 12.6. The van der Waals surface area contributed by atoms with E-state index in [0.29, 0.717) is 6.42 Å². The summed E-state index contributed by atoms with van der Waals surface area (Å²) >= 11 is 0. The van der Waals surface area contributed by atoms with Crippen LogP contribution in [0.25, 0.3) is 0 Å². The zero-order valence-corrected chi connectivity index (χ0v) is 24.2. The lowest BCUT2D eigenvalue weighted by Gasteiger charge is -2.40. The Kier molecular flexibility index (Phi) is 8.90. The van der Waals surface area contributed by atoms with Gasteiger partial charge in [-0.25, -0.2) is 4.79 Å². The first kappa shape index (κ1) is 30.3. The van der Waals surface area contributed by atoms with Gasteiger partial charge in [-0.05, 0) is 22.8 Å².